The maximum absolute atomic E-state index is 6.00. The summed E-state index contributed by atoms with van der Waals surface area (Å²) in [6, 6.07) is 8.12. The van der Waals surface area contributed by atoms with E-state index in [0.29, 0.717) is 0 Å². The Morgan fingerprint density at radius 3 is 2.70 bits per heavy atom. The number of rotatable bonds is 9. The molecule has 4 nitrogen and oxygen atoms in total. The Balaban J connectivity index is 1.42. The topological polar surface area (TPSA) is 49.8 Å². The SMILES string of the molecule is CC/C=C(\CCNCCNc1ncnc2c1CCCC2)c1ccc(Cl)cc1. The average molecular weight is 385 g/mol. The fraction of sp³-hybridized carbons (Fsp3) is 0.455. The number of allylic oxidation sites excluding steroid dienone is 1. The van der Waals surface area contributed by atoms with Crippen LogP contribution in [0.5, 0.6) is 0 Å². The van der Waals surface area contributed by atoms with Gasteiger partial charge in [0.15, 0.2) is 0 Å². The van der Waals surface area contributed by atoms with E-state index >= 15 is 0 Å². The zero-order valence-electron chi connectivity index (χ0n) is 16.1. The van der Waals surface area contributed by atoms with Crippen LogP contribution in [0.1, 0.15) is 49.4 Å². The molecule has 0 saturated heterocycles. The number of hydrogen-bond donors (Lipinski definition) is 2. The molecule has 1 aromatic carbocycles. The Labute approximate surface area is 167 Å². The van der Waals surface area contributed by atoms with Gasteiger partial charge in [-0.1, -0.05) is 36.7 Å². The number of fused-ring (bicyclic) bond motifs is 1. The molecule has 27 heavy (non-hydrogen) atoms. The molecule has 0 fully saturated rings. The number of anilines is 1. The van der Waals surface area contributed by atoms with Crippen molar-refractivity contribution in [1.29, 1.82) is 0 Å². The number of nitrogens with zero attached hydrogens (tertiary/aromatic N) is 2. The predicted octanol–water partition coefficient (Wildman–Crippen LogP) is 4.89. The highest BCUT2D eigenvalue weighted by Crippen LogP contribution is 2.24. The molecule has 0 amide bonds. The molecule has 1 aromatic heterocycles. The van der Waals surface area contributed by atoms with Crippen molar-refractivity contribution in [1.82, 2.24) is 15.3 Å². The molecule has 0 aliphatic heterocycles. The van der Waals surface area contributed by atoms with Crippen LogP contribution in [-0.4, -0.2) is 29.6 Å². The maximum atomic E-state index is 6.00. The Hall–Kier alpha value is -1.91. The summed E-state index contributed by atoms with van der Waals surface area (Å²) in [5.41, 5.74) is 5.18. The van der Waals surface area contributed by atoms with Gasteiger partial charge in [0.05, 0.1) is 0 Å². The van der Waals surface area contributed by atoms with Crippen molar-refractivity contribution in [2.45, 2.75) is 45.4 Å². The highest BCUT2D eigenvalue weighted by atomic mass is 35.5. The molecule has 0 spiro atoms. The van der Waals surface area contributed by atoms with Gasteiger partial charge in [-0.05, 0) is 68.3 Å². The molecular weight excluding hydrogens is 356 g/mol. The van der Waals surface area contributed by atoms with Crippen LogP contribution in [0.4, 0.5) is 5.82 Å². The van der Waals surface area contributed by atoms with Crippen molar-refractivity contribution in [3.63, 3.8) is 0 Å². The molecule has 0 saturated carbocycles. The second kappa shape index (κ2) is 10.4. The first kappa shape index (κ1) is 19.8. The van der Waals surface area contributed by atoms with Gasteiger partial charge in [-0.25, -0.2) is 9.97 Å². The minimum atomic E-state index is 0.783. The highest BCUT2D eigenvalue weighted by Gasteiger charge is 2.14. The van der Waals surface area contributed by atoms with E-state index in [2.05, 4.69) is 45.7 Å². The Kier molecular flexibility index (Phi) is 7.66. The summed E-state index contributed by atoms with van der Waals surface area (Å²) in [6.45, 7) is 4.92. The second-order valence-corrected chi connectivity index (χ2v) is 7.36. The van der Waals surface area contributed by atoms with Crippen molar-refractivity contribution in [2.75, 3.05) is 25.0 Å². The lowest BCUT2D eigenvalue weighted by Crippen LogP contribution is -2.24. The number of nitrogens with one attached hydrogen (secondary N) is 2. The van der Waals surface area contributed by atoms with Gasteiger partial charge in [0.2, 0.25) is 0 Å². The van der Waals surface area contributed by atoms with E-state index in [0.717, 1.165) is 56.2 Å². The Morgan fingerprint density at radius 1 is 1.07 bits per heavy atom. The van der Waals surface area contributed by atoms with Crippen LogP contribution >= 0.6 is 11.6 Å². The third-order valence-corrected chi connectivity index (χ3v) is 5.21. The minimum absolute atomic E-state index is 0.783. The standard InChI is InChI=1S/C22H29ClN4/c1-2-5-17(18-8-10-19(23)11-9-18)12-13-24-14-15-25-22-20-6-3-4-7-21(20)26-16-27-22/h5,8-11,16,24H,2-4,6-7,12-15H2,1H3,(H,25,26,27)/b17-5+. The van der Waals surface area contributed by atoms with E-state index in [1.165, 1.54) is 35.2 Å². The van der Waals surface area contributed by atoms with Crippen molar-refractivity contribution in [3.05, 3.63) is 58.5 Å². The quantitative estimate of drug-likeness (QED) is 0.604. The summed E-state index contributed by atoms with van der Waals surface area (Å²) in [7, 11) is 0. The van der Waals surface area contributed by atoms with E-state index in [-0.39, 0.29) is 0 Å². The molecule has 3 rings (SSSR count). The van der Waals surface area contributed by atoms with Gasteiger partial charge in [0, 0.05) is 29.4 Å². The van der Waals surface area contributed by atoms with Crippen LogP contribution in [0.15, 0.2) is 36.7 Å². The first-order chi connectivity index (χ1) is 13.3. The molecule has 1 aliphatic rings. The predicted molar refractivity (Wildman–Crippen MR) is 114 cm³/mol. The first-order valence-corrected chi connectivity index (χ1v) is 10.4. The molecule has 0 radical (unpaired) electrons. The summed E-state index contributed by atoms with van der Waals surface area (Å²) >= 11 is 6.00. The summed E-state index contributed by atoms with van der Waals surface area (Å²) in [4.78, 5) is 8.87. The number of hydrogen-bond acceptors (Lipinski definition) is 4. The number of benzene rings is 1. The summed E-state index contributed by atoms with van der Waals surface area (Å²) in [6.07, 6.45) is 10.7. The summed E-state index contributed by atoms with van der Waals surface area (Å²) < 4.78 is 0. The highest BCUT2D eigenvalue weighted by molar-refractivity contribution is 6.30. The Morgan fingerprint density at radius 2 is 1.89 bits per heavy atom. The fourth-order valence-corrected chi connectivity index (χ4v) is 3.69. The molecule has 0 atom stereocenters. The van der Waals surface area contributed by atoms with Crippen molar-refractivity contribution in [3.8, 4) is 0 Å². The molecular formula is C22H29ClN4. The molecule has 0 bridgehead atoms. The minimum Gasteiger partial charge on any atom is -0.368 e. The Bertz CT molecular complexity index is 755. The van der Waals surface area contributed by atoms with E-state index in [9.17, 15) is 0 Å². The van der Waals surface area contributed by atoms with Crippen molar-refractivity contribution in [2.24, 2.45) is 0 Å². The van der Waals surface area contributed by atoms with Gasteiger partial charge in [-0.15, -0.1) is 0 Å². The lowest BCUT2D eigenvalue weighted by Gasteiger charge is -2.18. The lowest BCUT2D eigenvalue weighted by atomic mass is 9.96. The van der Waals surface area contributed by atoms with Crippen LogP contribution in [0.2, 0.25) is 5.02 Å². The van der Waals surface area contributed by atoms with Crippen LogP contribution in [0.25, 0.3) is 5.57 Å². The molecule has 144 valence electrons. The van der Waals surface area contributed by atoms with Crippen LogP contribution < -0.4 is 10.6 Å². The average Bonchev–Trinajstić information content (AvgIpc) is 2.70. The maximum Gasteiger partial charge on any atom is 0.132 e. The van der Waals surface area contributed by atoms with Crippen molar-refractivity contribution >= 4 is 23.0 Å². The van der Waals surface area contributed by atoms with Crippen LogP contribution in [0, 0.1) is 0 Å². The number of aryl methyl sites for hydroxylation is 1. The van der Waals surface area contributed by atoms with Gasteiger partial charge >= 0.3 is 0 Å². The number of halogens is 1. The zero-order chi connectivity index (χ0) is 18.9. The fourth-order valence-electron chi connectivity index (χ4n) is 3.57. The molecule has 1 aliphatic carbocycles. The van der Waals surface area contributed by atoms with Crippen LogP contribution in [-0.2, 0) is 12.8 Å². The molecule has 1 heterocycles. The van der Waals surface area contributed by atoms with E-state index in [1.54, 1.807) is 6.33 Å². The molecule has 2 aromatic rings. The normalized spacial score (nSPS) is 14.1. The van der Waals surface area contributed by atoms with Crippen molar-refractivity contribution < 1.29 is 0 Å². The summed E-state index contributed by atoms with van der Waals surface area (Å²) in [5, 5.41) is 7.80. The smallest absolute Gasteiger partial charge is 0.132 e. The van der Waals surface area contributed by atoms with Gasteiger partial charge in [0.25, 0.3) is 0 Å². The van der Waals surface area contributed by atoms with Gasteiger partial charge in [-0.3, -0.25) is 0 Å². The monoisotopic (exact) mass is 384 g/mol. The van der Waals surface area contributed by atoms with Crippen LogP contribution in [0.3, 0.4) is 0 Å². The largest absolute Gasteiger partial charge is 0.368 e. The van der Waals surface area contributed by atoms with E-state index < -0.39 is 0 Å². The molecule has 5 heteroatoms. The summed E-state index contributed by atoms with van der Waals surface area (Å²) in [5.74, 6) is 1.02. The third-order valence-electron chi connectivity index (χ3n) is 4.96. The molecule has 0 unspecified atom stereocenters. The van der Waals surface area contributed by atoms with E-state index in [1.807, 2.05) is 12.1 Å². The van der Waals surface area contributed by atoms with Gasteiger partial charge < -0.3 is 10.6 Å². The first-order valence-electron chi connectivity index (χ1n) is 10.00. The zero-order valence-corrected chi connectivity index (χ0v) is 16.9. The number of aromatic nitrogens is 2. The lowest BCUT2D eigenvalue weighted by molar-refractivity contribution is 0.661. The third kappa shape index (κ3) is 5.78. The van der Waals surface area contributed by atoms with Gasteiger partial charge in [0.1, 0.15) is 12.1 Å². The molecule has 2 N–H and O–H groups in total. The second-order valence-electron chi connectivity index (χ2n) is 6.93. The van der Waals surface area contributed by atoms with Gasteiger partial charge in [-0.2, -0.15) is 0 Å². The van der Waals surface area contributed by atoms with E-state index in [4.69, 9.17) is 11.6 Å².